The summed E-state index contributed by atoms with van der Waals surface area (Å²) in [5, 5.41) is 6.08. The number of carbonyl (C=O) groups excluding carboxylic acids is 2. The van der Waals surface area contributed by atoms with Crippen LogP contribution in [0, 0.1) is 5.82 Å². The standard InChI is InChI=1S/C18H17Cl2FN2O3/c1-26-17(24)16(8-11-2-6-14(21)7-3-11)23-18(25)22-10-12-4-5-13(19)9-15(12)20/h2-7,9,16H,8,10H2,1H3,(H2,22,23,25). The predicted molar refractivity (Wildman–Crippen MR) is 97.7 cm³/mol. The molecule has 2 aromatic carbocycles. The topological polar surface area (TPSA) is 67.4 Å². The lowest BCUT2D eigenvalue weighted by molar-refractivity contribution is -0.142. The molecule has 0 saturated carbocycles. The van der Waals surface area contributed by atoms with Gasteiger partial charge in [-0.3, -0.25) is 0 Å². The number of methoxy groups -OCH3 is 1. The largest absolute Gasteiger partial charge is 0.467 e. The van der Waals surface area contributed by atoms with E-state index in [0.29, 0.717) is 21.2 Å². The van der Waals surface area contributed by atoms with Gasteiger partial charge in [0.25, 0.3) is 0 Å². The Morgan fingerprint density at radius 2 is 1.85 bits per heavy atom. The van der Waals surface area contributed by atoms with Crippen molar-refractivity contribution < 1.29 is 18.7 Å². The molecule has 0 radical (unpaired) electrons. The van der Waals surface area contributed by atoms with Crippen LogP contribution in [0.2, 0.25) is 10.0 Å². The van der Waals surface area contributed by atoms with E-state index in [-0.39, 0.29) is 18.8 Å². The highest BCUT2D eigenvalue weighted by Crippen LogP contribution is 2.20. The Bertz CT molecular complexity index is 785. The number of hydrogen-bond donors (Lipinski definition) is 2. The number of esters is 1. The summed E-state index contributed by atoms with van der Waals surface area (Å²) in [6, 6.07) is 9.11. The summed E-state index contributed by atoms with van der Waals surface area (Å²) in [6.45, 7) is 0.159. The second-order valence-corrected chi connectivity index (χ2v) is 6.31. The van der Waals surface area contributed by atoms with Crippen molar-refractivity contribution in [3.8, 4) is 0 Å². The average molecular weight is 399 g/mol. The first-order valence-corrected chi connectivity index (χ1v) is 8.45. The quantitative estimate of drug-likeness (QED) is 0.728. The minimum Gasteiger partial charge on any atom is -0.467 e. The van der Waals surface area contributed by atoms with Crippen molar-refractivity contribution in [3.05, 3.63) is 69.5 Å². The lowest BCUT2D eigenvalue weighted by Gasteiger charge is -2.17. The molecule has 2 rings (SSSR count). The van der Waals surface area contributed by atoms with E-state index in [1.54, 1.807) is 30.3 Å². The van der Waals surface area contributed by atoms with Crippen LogP contribution < -0.4 is 10.6 Å². The van der Waals surface area contributed by atoms with E-state index in [1.165, 1.54) is 19.2 Å². The molecule has 2 amide bonds. The van der Waals surface area contributed by atoms with Gasteiger partial charge in [0.1, 0.15) is 11.9 Å². The zero-order chi connectivity index (χ0) is 19.1. The predicted octanol–water partition coefficient (Wildman–Crippen LogP) is 3.72. The van der Waals surface area contributed by atoms with Gasteiger partial charge in [0.2, 0.25) is 0 Å². The maximum absolute atomic E-state index is 13.0. The Labute approximate surface area is 160 Å². The number of amides is 2. The molecule has 0 fully saturated rings. The van der Waals surface area contributed by atoms with Crippen LogP contribution in [0.15, 0.2) is 42.5 Å². The van der Waals surface area contributed by atoms with Gasteiger partial charge in [0, 0.05) is 23.0 Å². The number of carbonyl (C=O) groups is 2. The van der Waals surface area contributed by atoms with E-state index in [4.69, 9.17) is 27.9 Å². The van der Waals surface area contributed by atoms with E-state index < -0.39 is 18.0 Å². The first kappa shape index (κ1) is 20.0. The molecule has 0 spiro atoms. The van der Waals surface area contributed by atoms with Crippen LogP contribution in [0.5, 0.6) is 0 Å². The van der Waals surface area contributed by atoms with E-state index in [1.807, 2.05) is 0 Å². The first-order chi connectivity index (χ1) is 12.4. The lowest BCUT2D eigenvalue weighted by atomic mass is 10.1. The van der Waals surface area contributed by atoms with Gasteiger partial charge in [-0.1, -0.05) is 41.4 Å². The van der Waals surface area contributed by atoms with Crippen LogP contribution in [0.1, 0.15) is 11.1 Å². The second-order valence-electron chi connectivity index (χ2n) is 5.47. The molecule has 2 aromatic rings. The van der Waals surface area contributed by atoms with E-state index in [2.05, 4.69) is 10.6 Å². The number of urea groups is 1. The number of benzene rings is 2. The molecule has 0 heterocycles. The van der Waals surface area contributed by atoms with Crippen molar-refractivity contribution in [3.63, 3.8) is 0 Å². The fraction of sp³-hybridized carbons (Fsp3) is 0.222. The van der Waals surface area contributed by atoms with Crippen LogP contribution in [0.25, 0.3) is 0 Å². The van der Waals surface area contributed by atoms with Crippen LogP contribution in [-0.2, 0) is 22.5 Å². The van der Waals surface area contributed by atoms with Crippen LogP contribution in [0.3, 0.4) is 0 Å². The smallest absolute Gasteiger partial charge is 0.328 e. The molecule has 5 nitrogen and oxygen atoms in total. The molecule has 0 saturated heterocycles. The fourth-order valence-electron chi connectivity index (χ4n) is 2.24. The van der Waals surface area contributed by atoms with Gasteiger partial charge in [-0.25, -0.2) is 14.0 Å². The van der Waals surface area contributed by atoms with E-state index in [9.17, 15) is 14.0 Å². The summed E-state index contributed by atoms with van der Waals surface area (Å²) in [4.78, 5) is 24.0. The summed E-state index contributed by atoms with van der Waals surface area (Å²) in [6.07, 6.45) is 0.169. The third kappa shape index (κ3) is 5.89. The van der Waals surface area contributed by atoms with Gasteiger partial charge >= 0.3 is 12.0 Å². The Balaban J connectivity index is 1.97. The van der Waals surface area contributed by atoms with Crippen molar-refractivity contribution in [2.45, 2.75) is 19.0 Å². The molecule has 0 aromatic heterocycles. The Morgan fingerprint density at radius 3 is 2.46 bits per heavy atom. The van der Waals surface area contributed by atoms with Gasteiger partial charge in [0.05, 0.1) is 7.11 Å². The van der Waals surface area contributed by atoms with Crippen LogP contribution in [0.4, 0.5) is 9.18 Å². The number of rotatable bonds is 6. The van der Waals surface area contributed by atoms with Crippen molar-refractivity contribution in [1.82, 2.24) is 10.6 Å². The van der Waals surface area contributed by atoms with Crippen molar-refractivity contribution in [2.24, 2.45) is 0 Å². The normalized spacial score (nSPS) is 11.5. The number of ether oxygens (including phenoxy) is 1. The molecule has 0 aliphatic heterocycles. The Hall–Kier alpha value is -2.31. The van der Waals surface area contributed by atoms with E-state index in [0.717, 1.165) is 0 Å². The van der Waals surface area contributed by atoms with Gasteiger partial charge in [-0.2, -0.15) is 0 Å². The molecule has 8 heteroatoms. The average Bonchev–Trinajstić information content (AvgIpc) is 2.61. The monoisotopic (exact) mass is 398 g/mol. The number of halogens is 3. The van der Waals surface area contributed by atoms with Gasteiger partial charge in [-0.15, -0.1) is 0 Å². The number of hydrogen-bond acceptors (Lipinski definition) is 3. The van der Waals surface area contributed by atoms with Crippen LogP contribution >= 0.6 is 23.2 Å². The molecule has 138 valence electrons. The SMILES string of the molecule is COC(=O)C(Cc1ccc(F)cc1)NC(=O)NCc1ccc(Cl)cc1Cl. The minimum atomic E-state index is -0.911. The highest BCUT2D eigenvalue weighted by Gasteiger charge is 2.22. The third-order valence-electron chi connectivity index (χ3n) is 3.60. The molecule has 0 aliphatic rings. The molecular formula is C18H17Cl2FN2O3. The second kappa shape index (κ2) is 9.40. The summed E-state index contributed by atoms with van der Waals surface area (Å²) in [5.41, 5.74) is 1.36. The molecular weight excluding hydrogens is 382 g/mol. The molecule has 26 heavy (non-hydrogen) atoms. The summed E-state index contributed by atoms with van der Waals surface area (Å²) in [7, 11) is 1.23. The molecule has 1 unspecified atom stereocenters. The van der Waals surface area contributed by atoms with Crippen LogP contribution in [-0.4, -0.2) is 25.2 Å². The van der Waals surface area contributed by atoms with Crippen molar-refractivity contribution >= 4 is 35.2 Å². The first-order valence-electron chi connectivity index (χ1n) is 7.69. The maximum Gasteiger partial charge on any atom is 0.328 e. The highest BCUT2D eigenvalue weighted by atomic mass is 35.5. The fourth-order valence-corrected chi connectivity index (χ4v) is 2.72. The Kier molecular flexibility index (Phi) is 7.24. The van der Waals surface area contributed by atoms with Crippen molar-refractivity contribution in [2.75, 3.05) is 7.11 Å². The molecule has 0 aliphatic carbocycles. The molecule has 1 atom stereocenters. The summed E-state index contributed by atoms with van der Waals surface area (Å²) < 4.78 is 17.7. The minimum absolute atomic E-state index is 0.159. The Morgan fingerprint density at radius 1 is 1.15 bits per heavy atom. The lowest BCUT2D eigenvalue weighted by Crippen LogP contribution is -2.47. The van der Waals surface area contributed by atoms with Gasteiger partial charge < -0.3 is 15.4 Å². The molecule has 2 N–H and O–H groups in total. The third-order valence-corrected chi connectivity index (χ3v) is 4.19. The summed E-state index contributed by atoms with van der Waals surface area (Å²) in [5.74, 6) is -0.983. The maximum atomic E-state index is 13.0. The van der Waals surface area contributed by atoms with Gasteiger partial charge in [-0.05, 0) is 35.4 Å². The molecule has 0 bridgehead atoms. The number of nitrogens with one attached hydrogen (secondary N) is 2. The van der Waals surface area contributed by atoms with Crippen molar-refractivity contribution in [1.29, 1.82) is 0 Å². The van der Waals surface area contributed by atoms with Gasteiger partial charge in [0.15, 0.2) is 0 Å². The zero-order valence-corrected chi connectivity index (χ0v) is 15.4. The zero-order valence-electron chi connectivity index (χ0n) is 13.9. The van der Waals surface area contributed by atoms with E-state index >= 15 is 0 Å². The summed E-state index contributed by atoms with van der Waals surface area (Å²) >= 11 is 11.9. The highest BCUT2D eigenvalue weighted by molar-refractivity contribution is 6.35.